The van der Waals surface area contributed by atoms with Gasteiger partial charge in [-0.1, -0.05) is 78.9 Å². The van der Waals surface area contributed by atoms with E-state index in [2.05, 4.69) is 5.32 Å². The lowest BCUT2D eigenvalue weighted by atomic mass is 9.88. The van der Waals surface area contributed by atoms with Crippen LogP contribution in [-0.4, -0.2) is 31.1 Å². The summed E-state index contributed by atoms with van der Waals surface area (Å²) in [5.74, 6) is 1.13. The van der Waals surface area contributed by atoms with E-state index in [-0.39, 0.29) is 24.2 Å². The Morgan fingerprint density at radius 3 is 2.15 bits per heavy atom. The van der Waals surface area contributed by atoms with Crippen molar-refractivity contribution in [2.45, 2.75) is 31.8 Å². The average Bonchev–Trinajstić information content (AvgIpc) is 2.97. The van der Waals surface area contributed by atoms with Crippen LogP contribution in [0.3, 0.4) is 0 Å². The molecule has 0 spiro atoms. The molecule has 6 heteroatoms. The molecule has 1 aliphatic rings. The number of ether oxygens (including phenoxy) is 2. The smallest absolute Gasteiger partial charge is 0.267 e. The van der Waals surface area contributed by atoms with E-state index in [1.807, 2.05) is 109 Å². The number of rotatable bonds is 10. The number of hydrogen-bond acceptors (Lipinski definition) is 4. The molecule has 0 saturated heterocycles. The lowest BCUT2D eigenvalue weighted by Gasteiger charge is -2.33. The zero-order valence-corrected chi connectivity index (χ0v) is 22.0. The number of nitrogens with one attached hydrogen (secondary N) is 1. The summed E-state index contributed by atoms with van der Waals surface area (Å²) < 4.78 is 11.7. The standard InChI is InChI=1S/C33H32N2O4/c1-24-33(37)35(20-11-21-38-28-16-9-4-10-17-28)30-22-27(18-19-31(30)39-24)34-32(36)23-29(25-12-5-2-6-13-25)26-14-7-3-8-15-26/h2-10,12-19,22,24,29H,11,20-21,23H2,1H3,(H,34,36). The van der Waals surface area contributed by atoms with Gasteiger partial charge in [-0.3, -0.25) is 9.59 Å². The summed E-state index contributed by atoms with van der Waals surface area (Å²) in [6, 6.07) is 35.2. The van der Waals surface area contributed by atoms with Gasteiger partial charge in [0.2, 0.25) is 5.91 Å². The Bertz CT molecular complexity index is 1350. The molecule has 1 aliphatic heterocycles. The molecule has 2 amide bonds. The summed E-state index contributed by atoms with van der Waals surface area (Å²) in [4.78, 5) is 28.0. The van der Waals surface area contributed by atoms with Crippen molar-refractivity contribution < 1.29 is 19.1 Å². The molecule has 5 rings (SSSR count). The number of nitrogens with zero attached hydrogens (tertiary/aromatic N) is 1. The van der Waals surface area contributed by atoms with Gasteiger partial charge < -0.3 is 19.7 Å². The van der Waals surface area contributed by atoms with Gasteiger partial charge in [0.1, 0.15) is 11.5 Å². The minimum Gasteiger partial charge on any atom is -0.494 e. The van der Waals surface area contributed by atoms with Crippen LogP contribution in [-0.2, 0) is 9.59 Å². The number of fused-ring (bicyclic) bond motifs is 1. The number of carbonyl (C=O) groups excluding carboxylic acids is 2. The van der Waals surface area contributed by atoms with Crippen LogP contribution in [0.4, 0.5) is 11.4 Å². The van der Waals surface area contributed by atoms with Crippen LogP contribution in [0.2, 0.25) is 0 Å². The molecule has 1 unspecified atom stereocenters. The molecule has 39 heavy (non-hydrogen) atoms. The van der Waals surface area contributed by atoms with E-state index in [0.29, 0.717) is 36.7 Å². The predicted octanol–water partition coefficient (Wildman–Crippen LogP) is 6.43. The molecule has 6 nitrogen and oxygen atoms in total. The molecule has 1 heterocycles. The van der Waals surface area contributed by atoms with Crippen molar-refractivity contribution >= 4 is 23.2 Å². The fraction of sp³-hybridized carbons (Fsp3) is 0.212. The molecule has 0 saturated carbocycles. The molecular weight excluding hydrogens is 488 g/mol. The highest BCUT2D eigenvalue weighted by Crippen LogP contribution is 2.37. The number of hydrogen-bond donors (Lipinski definition) is 1. The summed E-state index contributed by atoms with van der Waals surface area (Å²) in [7, 11) is 0. The summed E-state index contributed by atoms with van der Waals surface area (Å²) in [5, 5.41) is 3.04. The largest absolute Gasteiger partial charge is 0.494 e. The molecule has 0 aliphatic carbocycles. The van der Waals surface area contributed by atoms with Crippen molar-refractivity contribution in [1.29, 1.82) is 0 Å². The van der Waals surface area contributed by atoms with E-state index in [4.69, 9.17) is 9.47 Å². The molecule has 4 aromatic carbocycles. The van der Waals surface area contributed by atoms with E-state index in [1.54, 1.807) is 11.8 Å². The van der Waals surface area contributed by atoms with Gasteiger partial charge >= 0.3 is 0 Å². The minimum atomic E-state index is -0.578. The van der Waals surface area contributed by atoms with Gasteiger partial charge in [-0.05, 0) is 54.8 Å². The molecule has 0 radical (unpaired) electrons. The number of amides is 2. The van der Waals surface area contributed by atoms with E-state index in [9.17, 15) is 9.59 Å². The first kappa shape index (κ1) is 26.0. The molecule has 0 bridgehead atoms. The van der Waals surface area contributed by atoms with Crippen LogP contribution in [0.25, 0.3) is 0 Å². The average molecular weight is 521 g/mol. The summed E-state index contributed by atoms with van der Waals surface area (Å²) in [5.41, 5.74) is 3.44. The summed E-state index contributed by atoms with van der Waals surface area (Å²) >= 11 is 0. The maximum atomic E-state index is 13.2. The van der Waals surface area contributed by atoms with Crippen molar-refractivity contribution in [3.05, 3.63) is 120 Å². The lowest BCUT2D eigenvalue weighted by molar-refractivity contribution is -0.125. The Balaban J connectivity index is 1.28. The van der Waals surface area contributed by atoms with Gasteiger partial charge in [-0.2, -0.15) is 0 Å². The molecular formula is C33H32N2O4. The fourth-order valence-corrected chi connectivity index (χ4v) is 4.84. The van der Waals surface area contributed by atoms with E-state index < -0.39 is 6.10 Å². The third-order valence-electron chi connectivity index (χ3n) is 6.78. The maximum absolute atomic E-state index is 13.2. The first-order chi connectivity index (χ1) is 19.1. The maximum Gasteiger partial charge on any atom is 0.267 e. The second kappa shape index (κ2) is 12.3. The van der Waals surface area contributed by atoms with Crippen molar-refractivity contribution in [3.8, 4) is 11.5 Å². The zero-order chi connectivity index (χ0) is 27.0. The Hall–Kier alpha value is -4.58. The topological polar surface area (TPSA) is 67.9 Å². The molecule has 1 N–H and O–H groups in total. The highest BCUT2D eigenvalue weighted by molar-refractivity contribution is 6.01. The molecule has 198 valence electrons. The quantitative estimate of drug-likeness (QED) is 0.245. The van der Waals surface area contributed by atoms with Crippen LogP contribution >= 0.6 is 0 Å². The molecule has 1 atom stereocenters. The van der Waals surface area contributed by atoms with Crippen molar-refractivity contribution in [2.24, 2.45) is 0 Å². The first-order valence-corrected chi connectivity index (χ1v) is 13.3. The Kier molecular flexibility index (Phi) is 8.22. The second-order valence-electron chi connectivity index (χ2n) is 9.57. The fourth-order valence-electron chi connectivity index (χ4n) is 4.84. The van der Waals surface area contributed by atoms with Crippen LogP contribution in [0, 0.1) is 0 Å². The van der Waals surface area contributed by atoms with Crippen LogP contribution in [0.5, 0.6) is 11.5 Å². The molecule has 0 aromatic heterocycles. The third kappa shape index (κ3) is 6.47. The highest BCUT2D eigenvalue weighted by Gasteiger charge is 2.31. The highest BCUT2D eigenvalue weighted by atomic mass is 16.5. The molecule has 0 fully saturated rings. The van der Waals surface area contributed by atoms with E-state index >= 15 is 0 Å². The van der Waals surface area contributed by atoms with E-state index in [0.717, 1.165) is 16.9 Å². The van der Waals surface area contributed by atoms with Crippen LogP contribution < -0.4 is 19.7 Å². The number of para-hydroxylation sites is 1. The van der Waals surface area contributed by atoms with Crippen LogP contribution in [0.1, 0.15) is 36.8 Å². The van der Waals surface area contributed by atoms with Gasteiger partial charge in [0.15, 0.2) is 6.10 Å². The third-order valence-corrected chi connectivity index (χ3v) is 6.78. The van der Waals surface area contributed by atoms with Gasteiger partial charge in [-0.15, -0.1) is 0 Å². The minimum absolute atomic E-state index is 0.0723. The zero-order valence-electron chi connectivity index (χ0n) is 22.0. The number of benzene rings is 4. The Morgan fingerprint density at radius 1 is 0.897 bits per heavy atom. The Morgan fingerprint density at radius 2 is 1.51 bits per heavy atom. The summed E-state index contributed by atoms with van der Waals surface area (Å²) in [6.45, 7) is 2.71. The predicted molar refractivity (Wildman–Crippen MR) is 153 cm³/mol. The van der Waals surface area contributed by atoms with Crippen molar-refractivity contribution in [2.75, 3.05) is 23.4 Å². The SMILES string of the molecule is CC1Oc2ccc(NC(=O)CC(c3ccccc3)c3ccccc3)cc2N(CCCOc2ccccc2)C1=O. The molecule has 4 aromatic rings. The van der Waals surface area contributed by atoms with E-state index in [1.165, 1.54) is 0 Å². The van der Waals surface area contributed by atoms with Gasteiger partial charge in [0.05, 0.1) is 12.3 Å². The van der Waals surface area contributed by atoms with Crippen molar-refractivity contribution in [1.82, 2.24) is 0 Å². The number of carbonyl (C=O) groups is 2. The van der Waals surface area contributed by atoms with Gasteiger partial charge in [-0.25, -0.2) is 0 Å². The van der Waals surface area contributed by atoms with Crippen molar-refractivity contribution in [3.63, 3.8) is 0 Å². The normalized spacial score (nSPS) is 14.5. The second-order valence-corrected chi connectivity index (χ2v) is 9.57. The lowest BCUT2D eigenvalue weighted by Crippen LogP contribution is -2.45. The first-order valence-electron chi connectivity index (χ1n) is 13.3. The van der Waals surface area contributed by atoms with Crippen LogP contribution in [0.15, 0.2) is 109 Å². The summed E-state index contributed by atoms with van der Waals surface area (Å²) in [6.07, 6.45) is 0.364. The Labute approximate surface area is 229 Å². The van der Waals surface area contributed by atoms with Gasteiger partial charge in [0.25, 0.3) is 5.91 Å². The monoisotopic (exact) mass is 520 g/mol. The number of anilines is 2. The van der Waals surface area contributed by atoms with Gasteiger partial charge in [0, 0.05) is 24.6 Å².